The van der Waals surface area contributed by atoms with Crippen LogP contribution < -0.4 is 5.32 Å². The van der Waals surface area contributed by atoms with Gasteiger partial charge in [-0.1, -0.05) is 36.8 Å². The molecule has 0 unspecified atom stereocenters. The van der Waals surface area contributed by atoms with Gasteiger partial charge in [-0.3, -0.25) is 14.5 Å². The number of hydrogen-bond acceptors (Lipinski definition) is 3. The third-order valence-electron chi connectivity index (χ3n) is 5.26. The quantitative estimate of drug-likeness (QED) is 0.745. The highest BCUT2D eigenvalue weighted by Crippen LogP contribution is 2.43. The molecular formula is C20H31N3O2. The monoisotopic (exact) mass is 345 g/mol. The van der Waals surface area contributed by atoms with E-state index in [4.69, 9.17) is 0 Å². The van der Waals surface area contributed by atoms with Crippen LogP contribution in [0.15, 0.2) is 30.3 Å². The van der Waals surface area contributed by atoms with Crippen molar-refractivity contribution in [2.75, 3.05) is 39.8 Å². The van der Waals surface area contributed by atoms with Gasteiger partial charge in [0.15, 0.2) is 0 Å². The highest BCUT2D eigenvalue weighted by atomic mass is 16.2. The Morgan fingerprint density at radius 1 is 1.08 bits per heavy atom. The Morgan fingerprint density at radius 2 is 1.72 bits per heavy atom. The van der Waals surface area contributed by atoms with E-state index >= 15 is 0 Å². The Balaban J connectivity index is 1.81. The van der Waals surface area contributed by atoms with E-state index in [-0.39, 0.29) is 30.3 Å². The minimum atomic E-state index is -0.0166. The molecule has 1 aromatic carbocycles. The molecule has 0 bridgehead atoms. The van der Waals surface area contributed by atoms with Gasteiger partial charge in [-0.25, -0.2) is 0 Å². The average Bonchev–Trinajstić information content (AvgIpc) is 2.55. The van der Waals surface area contributed by atoms with Crippen molar-refractivity contribution in [3.05, 3.63) is 35.9 Å². The zero-order valence-corrected chi connectivity index (χ0v) is 15.8. The summed E-state index contributed by atoms with van der Waals surface area (Å²) in [6, 6.07) is 10.4. The van der Waals surface area contributed by atoms with Crippen LogP contribution in [0.2, 0.25) is 0 Å². The standard InChI is InChI=1S/C20H31N3O2/c1-4-23(5-2)19(25)15-22(3)14-18(24)21-16-20(12-9-13-20)17-10-7-6-8-11-17/h6-8,10-11H,4-5,9,12-16H2,1-3H3,(H,21,24). The Kier molecular flexibility index (Phi) is 7.00. The molecule has 0 aromatic heterocycles. The summed E-state index contributed by atoms with van der Waals surface area (Å²) in [5, 5.41) is 3.08. The number of likely N-dealkylation sites (N-methyl/N-ethyl adjacent to an activating group) is 2. The summed E-state index contributed by atoms with van der Waals surface area (Å²) in [6.45, 7) is 6.54. The highest BCUT2D eigenvalue weighted by Gasteiger charge is 2.38. The average molecular weight is 345 g/mol. The van der Waals surface area contributed by atoms with Gasteiger partial charge in [-0.15, -0.1) is 0 Å². The minimum absolute atomic E-state index is 0.0166. The van der Waals surface area contributed by atoms with Crippen LogP contribution in [-0.2, 0) is 15.0 Å². The largest absolute Gasteiger partial charge is 0.354 e. The van der Waals surface area contributed by atoms with Crippen molar-refractivity contribution in [1.82, 2.24) is 15.1 Å². The van der Waals surface area contributed by atoms with Crippen LogP contribution in [-0.4, -0.2) is 61.4 Å². The van der Waals surface area contributed by atoms with Gasteiger partial charge in [0.2, 0.25) is 11.8 Å². The maximum Gasteiger partial charge on any atom is 0.236 e. The first-order valence-electron chi connectivity index (χ1n) is 9.29. The molecule has 0 heterocycles. The molecule has 1 aromatic rings. The van der Waals surface area contributed by atoms with Crippen molar-refractivity contribution >= 4 is 11.8 Å². The van der Waals surface area contributed by atoms with Crippen LogP contribution in [0.5, 0.6) is 0 Å². The second-order valence-electron chi connectivity index (χ2n) is 7.01. The minimum Gasteiger partial charge on any atom is -0.354 e. The molecule has 0 saturated heterocycles. The zero-order chi connectivity index (χ0) is 18.3. The molecule has 0 aliphatic heterocycles. The summed E-state index contributed by atoms with van der Waals surface area (Å²) in [5.74, 6) is 0.0529. The number of rotatable bonds is 9. The lowest BCUT2D eigenvalue weighted by Crippen LogP contribution is -2.48. The molecule has 0 atom stereocenters. The lowest BCUT2D eigenvalue weighted by atomic mass is 9.64. The fourth-order valence-electron chi connectivity index (χ4n) is 3.49. The van der Waals surface area contributed by atoms with Gasteiger partial charge in [-0.2, -0.15) is 0 Å². The number of nitrogens with zero attached hydrogens (tertiary/aromatic N) is 2. The van der Waals surface area contributed by atoms with E-state index in [9.17, 15) is 9.59 Å². The summed E-state index contributed by atoms with van der Waals surface area (Å²) < 4.78 is 0. The van der Waals surface area contributed by atoms with Crippen molar-refractivity contribution in [3.8, 4) is 0 Å². The fraction of sp³-hybridized carbons (Fsp3) is 0.600. The van der Waals surface area contributed by atoms with Gasteiger partial charge < -0.3 is 10.2 Å². The van der Waals surface area contributed by atoms with Gasteiger partial charge >= 0.3 is 0 Å². The molecule has 1 fully saturated rings. The SMILES string of the molecule is CCN(CC)C(=O)CN(C)CC(=O)NCC1(c2ccccc2)CCC1. The molecule has 5 heteroatoms. The molecule has 2 rings (SSSR count). The molecule has 1 aliphatic rings. The number of carbonyl (C=O) groups is 2. The van der Waals surface area contributed by atoms with Crippen molar-refractivity contribution in [2.45, 2.75) is 38.5 Å². The molecule has 5 nitrogen and oxygen atoms in total. The van der Waals surface area contributed by atoms with Crippen molar-refractivity contribution < 1.29 is 9.59 Å². The van der Waals surface area contributed by atoms with Gasteiger partial charge in [-0.05, 0) is 39.3 Å². The van der Waals surface area contributed by atoms with Crippen LogP contribution in [0.1, 0.15) is 38.7 Å². The van der Waals surface area contributed by atoms with Crippen molar-refractivity contribution in [2.24, 2.45) is 0 Å². The maximum atomic E-state index is 12.3. The molecule has 1 aliphatic carbocycles. The molecule has 25 heavy (non-hydrogen) atoms. The summed E-state index contributed by atoms with van der Waals surface area (Å²) >= 11 is 0. The number of benzene rings is 1. The van der Waals surface area contributed by atoms with E-state index in [1.807, 2.05) is 27.0 Å². The number of nitrogens with one attached hydrogen (secondary N) is 1. The Labute approximate surface area is 151 Å². The van der Waals surface area contributed by atoms with Crippen LogP contribution in [0.3, 0.4) is 0 Å². The summed E-state index contributed by atoms with van der Waals surface area (Å²) in [7, 11) is 1.82. The second kappa shape index (κ2) is 8.99. The third-order valence-corrected chi connectivity index (χ3v) is 5.26. The fourth-order valence-corrected chi connectivity index (χ4v) is 3.49. The smallest absolute Gasteiger partial charge is 0.236 e. The predicted molar refractivity (Wildman–Crippen MR) is 100 cm³/mol. The zero-order valence-electron chi connectivity index (χ0n) is 15.8. The lowest BCUT2D eigenvalue weighted by molar-refractivity contribution is -0.132. The summed E-state index contributed by atoms with van der Waals surface area (Å²) in [6.07, 6.45) is 3.45. The van der Waals surface area contributed by atoms with Gasteiger partial charge in [0.25, 0.3) is 0 Å². The number of hydrogen-bond donors (Lipinski definition) is 1. The van der Waals surface area contributed by atoms with E-state index in [1.54, 1.807) is 9.80 Å². The van der Waals surface area contributed by atoms with Crippen LogP contribution in [0, 0.1) is 0 Å². The predicted octanol–water partition coefficient (Wildman–Crippen LogP) is 2.02. The number of carbonyl (C=O) groups excluding carboxylic acids is 2. The van der Waals surface area contributed by atoms with E-state index in [2.05, 4.69) is 29.6 Å². The molecule has 0 radical (unpaired) electrons. The Hall–Kier alpha value is -1.88. The molecule has 0 spiro atoms. The van der Waals surface area contributed by atoms with E-state index in [0.29, 0.717) is 19.6 Å². The first-order valence-corrected chi connectivity index (χ1v) is 9.29. The maximum absolute atomic E-state index is 12.3. The molecule has 2 amide bonds. The summed E-state index contributed by atoms with van der Waals surface area (Å²) in [5.41, 5.74) is 1.40. The van der Waals surface area contributed by atoms with Gasteiger partial charge in [0, 0.05) is 25.0 Å². The van der Waals surface area contributed by atoms with Crippen LogP contribution in [0.4, 0.5) is 0 Å². The van der Waals surface area contributed by atoms with Crippen molar-refractivity contribution in [3.63, 3.8) is 0 Å². The van der Waals surface area contributed by atoms with Gasteiger partial charge in [0.05, 0.1) is 13.1 Å². The second-order valence-corrected chi connectivity index (χ2v) is 7.01. The van der Waals surface area contributed by atoms with Crippen molar-refractivity contribution in [1.29, 1.82) is 0 Å². The number of amides is 2. The Bertz CT molecular complexity index is 566. The summed E-state index contributed by atoms with van der Waals surface area (Å²) in [4.78, 5) is 28.0. The molecule has 1 N–H and O–H groups in total. The lowest BCUT2D eigenvalue weighted by Gasteiger charge is -2.42. The normalized spacial score (nSPS) is 15.5. The van der Waals surface area contributed by atoms with Crippen LogP contribution >= 0.6 is 0 Å². The topological polar surface area (TPSA) is 52.7 Å². The first-order chi connectivity index (χ1) is 12.0. The third kappa shape index (κ3) is 5.05. The molecular weight excluding hydrogens is 314 g/mol. The van der Waals surface area contributed by atoms with E-state index in [0.717, 1.165) is 12.8 Å². The highest BCUT2D eigenvalue weighted by molar-refractivity contribution is 5.81. The molecule has 138 valence electrons. The van der Waals surface area contributed by atoms with Crippen LogP contribution in [0.25, 0.3) is 0 Å². The van der Waals surface area contributed by atoms with E-state index in [1.165, 1.54) is 12.0 Å². The first kappa shape index (κ1) is 19.4. The van der Waals surface area contributed by atoms with E-state index < -0.39 is 0 Å². The Morgan fingerprint density at radius 3 is 2.24 bits per heavy atom. The molecule has 1 saturated carbocycles. The van der Waals surface area contributed by atoms with Gasteiger partial charge in [0.1, 0.15) is 0 Å².